The Kier molecular flexibility index (Phi) is 4.94. The third-order valence-corrected chi connectivity index (χ3v) is 6.82. The molecule has 2 fully saturated rings. The first-order valence-electron chi connectivity index (χ1n) is 9.25. The summed E-state index contributed by atoms with van der Waals surface area (Å²) in [6.45, 7) is -0.547. The number of carbonyl (C=O) groups is 2. The molecule has 2 saturated carbocycles. The minimum absolute atomic E-state index is 0.144. The van der Waals surface area contributed by atoms with E-state index in [1.165, 1.54) is 38.1 Å². The molecule has 0 saturated heterocycles. The SMILES string of the molecule is O=C(O)CNC(=O)c1c(=O)cc(SCCC2CC3CCC2C3)n2[nH]cnc12. The Hall–Kier alpha value is -2.29. The first-order chi connectivity index (χ1) is 13.0. The molecule has 8 nitrogen and oxygen atoms in total. The summed E-state index contributed by atoms with van der Waals surface area (Å²) in [5, 5.41) is 14.6. The molecule has 2 aromatic heterocycles. The number of pyridine rings is 1. The summed E-state index contributed by atoms with van der Waals surface area (Å²) in [6, 6.07) is 1.42. The standard InChI is InChI=1S/C18H22N4O4S/c23-13-7-14(27-4-3-12-6-10-1-2-11(12)5-10)22-17(20-9-21-22)16(13)18(26)19-8-15(24)25/h7,9-12H,1-6,8H2,(H,19,26)(H,20,21)(H,24,25). The highest BCUT2D eigenvalue weighted by Crippen LogP contribution is 2.49. The van der Waals surface area contributed by atoms with E-state index in [9.17, 15) is 14.4 Å². The fourth-order valence-corrected chi connectivity index (χ4v) is 5.67. The zero-order valence-corrected chi connectivity index (χ0v) is 15.6. The number of aliphatic carboxylic acids is 1. The molecular formula is C18H22N4O4S. The van der Waals surface area contributed by atoms with Crippen LogP contribution in [0.3, 0.4) is 0 Å². The van der Waals surface area contributed by atoms with E-state index >= 15 is 0 Å². The van der Waals surface area contributed by atoms with E-state index in [-0.39, 0.29) is 11.2 Å². The summed E-state index contributed by atoms with van der Waals surface area (Å²) in [7, 11) is 0. The maximum atomic E-state index is 12.5. The minimum Gasteiger partial charge on any atom is -0.480 e. The van der Waals surface area contributed by atoms with Gasteiger partial charge >= 0.3 is 5.97 Å². The average Bonchev–Trinajstić information content (AvgIpc) is 3.36. The molecule has 0 aliphatic heterocycles. The molecule has 9 heteroatoms. The molecule has 2 aliphatic rings. The van der Waals surface area contributed by atoms with Crippen molar-refractivity contribution >= 4 is 29.3 Å². The molecule has 3 unspecified atom stereocenters. The molecule has 2 heterocycles. The van der Waals surface area contributed by atoms with E-state index in [1.807, 2.05) is 0 Å². The molecule has 27 heavy (non-hydrogen) atoms. The zero-order valence-electron chi connectivity index (χ0n) is 14.8. The minimum atomic E-state index is -1.17. The zero-order chi connectivity index (χ0) is 19.0. The molecule has 1 amide bonds. The van der Waals surface area contributed by atoms with E-state index in [2.05, 4.69) is 15.4 Å². The van der Waals surface area contributed by atoms with E-state index in [0.29, 0.717) is 5.03 Å². The molecule has 0 radical (unpaired) electrons. The second kappa shape index (κ2) is 7.38. The van der Waals surface area contributed by atoms with Crippen LogP contribution in [-0.2, 0) is 4.79 Å². The van der Waals surface area contributed by atoms with Crippen LogP contribution in [0.1, 0.15) is 42.5 Å². The average molecular weight is 390 g/mol. The first kappa shape index (κ1) is 18.1. The van der Waals surface area contributed by atoms with Crippen LogP contribution in [0.2, 0.25) is 0 Å². The molecule has 2 bridgehead atoms. The van der Waals surface area contributed by atoms with Crippen molar-refractivity contribution in [3.05, 3.63) is 28.2 Å². The maximum absolute atomic E-state index is 12.5. The molecule has 2 aromatic rings. The Labute approximate surface area is 159 Å². The van der Waals surface area contributed by atoms with Crippen LogP contribution < -0.4 is 10.7 Å². The molecule has 4 rings (SSSR count). The largest absolute Gasteiger partial charge is 0.480 e. The highest BCUT2D eigenvalue weighted by Gasteiger charge is 2.38. The first-order valence-corrected chi connectivity index (χ1v) is 10.2. The molecule has 3 N–H and O–H groups in total. The van der Waals surface area contributed by atoms with Crippen LogP contribution in [-0.4, -0.2) is 43.9 Å². The highest BCUT2D eigenvalue weighted by atomic mass is 32.2. The van der Waals surface area contributed by atoms with Gasteiger partial charge in [-0.3, -0.25) is 19.5 Å². The number of aromatic nitrogens is 3. The summed E-state index contributed by atoms with van der Waals surface area (Å²) in [4.78, 5) is 39.4. The molecule has 0 spiro atoms. The normalized spacial score (nSPS) is 23.8. The van der Waals surface area contributed by atoms with Crippen LogP contribution in [0.4, 0.5) is 0 Å². The number of fused-ring (bicyclic) bond motifs is 3. The molecule has 144 valence electrons. The van der Waals surface area contributed by atoms with Crippen molar-refractivity contribution in [2.24, 2.45) is 17.8 Å². The van der Waals surface area contributed by atoms with E-state index in [4.69, 9.17) is 5.11 Å². The molecular weight excluding hydrogens is 368 g/mol. The van der Waals surface area contributed by atoms with Crippen molar-refractivity contribution in [3.8, 4) is 0 Å². The second-order valence-electron chi connectivity index (χ2n) is 7.42. The van der Waals surface area contributed by atoms with Crippen LogP contribution in [0.5, 0.6) is 0 Å². The topological polar surface area (TPSA) is 117 Å². The number of hydrogen-bond donors (Lipinski definition) is 3. The number of carboxylic acids is 1. The number of H-pyrrole nitrogens is 1. The van der Waals surface area contributed by atoms with E-state index in [0.717, 1.165) is 29.9 Å². The van der Waals surface area contributed by atoms with Crippen molar-refractivity contribution < 1.29 is 14.7 Å². The predicted molar refractivity (Wildman–Crippen MR) is 100 cm³/mol. The van der Waals surface area contributed by atoms with Gasteiger partial charge in [-0.15, -0.1) is 11.8 Å². The Balaban J connectivity index is 1.48. The lowest BCUT2D eigenvalue weighted by Crippen LogP contribution is -2.33. The summed E-state index contributed by atoms with van der Waals surface area (Å²) in [6.07, 6.45) is 8.04. The number of thioether (sulfide) groups is 1. The highest BCUT2D eigenvalue weighted by molar-refractivity contribution is 7.99. The number of amides is 1. The van der Waals surface area contributed by atoms with Gasteiger partial charge in [0.05, 0.1) is 0 Å². The number of hydrogen-bond acceptors (Lipinski definition) is 5. The van der Waals surface area contributed by atoms with Crippen molar-refractivity contribution in [2.75, 3.05) is 12.3 Å². The summed E-state index contributed by atoms with van der Waals surface area (Å²) < 4.78 is 1.61. The van der Waals surface area contributed by atoms with Gasteiger partial charge in [0.1, 0.15) is 23.5 Å². The third-order valence-electron chi connectivity index (χ3n) is 5.78. The maximum Gasteiger partial charge on any atom is 0.322 e. The lowest BCUT2D eigenvalue weighted by Gasteiger charge is -2.21. The van der Waals surface area contributed by atoms with Gasteiger partial charge in [0.25, 0.3) is 5.91 Å². The smallest absolute Gasteiger partial charge is 0.322 e. The van der Waals surface area contributed by atoms with Gasteiger partial charge < -0.3 is 10.4 Å². The fraction of sp³-hybridized carbons (Fsp3) is 0.556. The monoisotopic (exact) mass is 390 g/mol. The van der Waals surface area contributed by atoms with Crippen molar-refractivity contribution in [1.82, 2.24) is 19.9 Å². The lowest BCUT2D eigenvalue weighted by molar-refractivity contribution is -0.135. The molecule has 0 aromatic carbocycles. The van der Waals surface area contributed by atoms with Crippen LogP contribution in [0, 0.1) is 17.8 Å². The van der Waals surface area contributed by atoms with Gasteiger partial charge in [0.15, 0.2) is 11.1 Å². The van der Waals surface area contributed by atoms with Gasteiger partial charge in [0, 0.05) is 6.07 Å². The predicted octanol–water partition coefficient (Wildman–Crippen LogP) is 1.76. The van der Waals surface area contributed by atoms with Crippen LogP contribution in [0.25, 0.3) is 5.65 Å². The van der Waals surface area contributed by atoms with E-state index < -0.39 is 23.9 Å². The lowest BCUT2D eigenvalue weighted by atomic mass is 9.87. The number of carboxylic acid groups (broad SMARTS) is 1. The summed E-state index contributed by atoms with van der Waals surface area (Å²) in [5.74, 6) is 1.62. The van der Waals surface area contributed by atoms with Gasteiger partial charge in [0.2, 0.25) is 0 Å². The Morgan fingerprint density at radius 1 is 1.37 bits per heavy atom. The van der Waals surface area contributed by atoms with Crippen molar-refractivity contribution in [3.63, 3.8) is 0 Å². The van der Waals surface area contributed by atoms with E-state index in [1.54, 1.807) is 16.3 Å². The summed E-state index contributed by atoms with van der Waals surface area (Å²) in [5.41, 5.74) is -0.379. The number of carbonyl (C=O) groups excluding carboxylic acids is 1. The van der Waals surface area contributed by atoms with Crippen molar-refractivity contribution in [1.29, 1.82) is 0 Å². The van der Waals surface area contributed by atoms with Gasteiger partial charge in [-0.2, -0.15) is 0 Å². The van der Waals surface area contributed by atoms with Crippen molar-refractivity contribution in [2.45, 2.75) is 37.1 Å². The Morgan fingerprint density at radius 2 is 2.22 bits per heavy atom. The fourth-order valence-electron chi connectivity index (χ4n) is 4.58. The Morgan fingerprint density at radius 3 is 2.93 bits per heavy atom. The summed E-state index contributed by atoms with van der Waals surface area (Å²) >= 11 is 1.59. The second-order valence-corrected chi connectivity index (χ2v) is 8.53. The number of nitrogens with zero attached hydrogens (tertiary/aromatic N) is 2. The van der Waals surface area contributed by atoms with Crippen LogP contribution >= 0.6 is 11.8 Å². The van der Waals surface area contributed by atoms with Gasteiger partial charge in [-0.1, -0.05) is 6.42 Å². The number of rotatable bonds is 7. The van der Waals surface area contributed by atoms with Gasteiger partial charge in [-0.05, 0) is 49.2 Å². The molecule has 2 aliphatic carbocycles. The molecule has 3 atom stereocenters. The third kappa shape index (κ3) is 3.60. The quantitative estimate of drug-likeness (QED) is 0.620. The number of nitrogens with one attached hydrogen (secondary N) is 2. The Bertz CT molecular complexity index is 937. The van der Waals surface area contributed by atoms with Crippen LogP contribution in [0.15, 0.2) is 22.2 Å². The van der Waals surface area contributed by atoms with Gasteiger partial charge in [-0.25, -0.2) is 9.50 Å². The number of aromatic amines is 1.